The van der Waals surface area contributed by atoms with Gasteiger partial charge in [0.05, 0.1) is 17.5 Å². The molecule has 22 heavy (non-hydrogen) atoms. The molecular weight excluding hydrogens is 280 g/mol. The molecule has 0 atom stereocenters. The summed E-state index contributed by atoms with van der Waals surface area (Å²) in [6.07, 6.45) is 1.66. The molecule has 1 amide bonds. The largest absolute Gasteiger partial charge is 0.389 e. The predicted octanol–water partition coefficient (Wildman–Crippen LogP) is 0.522. The number of aliphatic hydroxyl groups excluding tert-OH is 1. The van der Waals surface area contributed by atoms with Crippen LogP contribution in [0.15, 0.2) is 24.3 Å². The van der Waals surface area contributed by atoms with Crippen LogP contribution in [0, 0.1) is 0 Å². The summed E-state index contributed by atoms with van der Waals surface area (Å²) in [5.41, 5.74) is 9.91. The van der Waals surface area contributed by atoms with Crippen molar-refractivity contribution in [2.45, 2.75) is 18.9 Å². The molecule has 1 aromatic heterocycles. The van der Waals surface area contributed by atoms with Gasteiger partial charge in [-0.05, 0) is 25.0 Å². The minimum atomic E-state index is -0.433. The second-order valence-corrected chi connectivity index (χ2v) is 5.80. The lowest BCUT2D eigenvalue weighted by Crippen LogP contribution is -2.51. The third-order valence-electron chi connectivity index (χ3n) is 4.28. The number of nitrogens with two attached hydrogens (primary N) is 1. The summed E-state index contributed by atoms with van der Waals surface area (Å²) in [4.78, 5) is 22.4. The lowest BCUT2D eigenvalue weighted by atomic mass is 9.89. The number of nitrogens with zero attached hydrogens (tertiary/aromatic N) is 3. The number of aliphatic hydroxyl groups is 1. The van der Waals surface area contributed by atoms with Crippen molar-refractivity contribution in [2.24, 2.45) is 5.73 Å². The van der Waals surface area contributed by atoms with Crippen LogP contribution < -0.4 is 10.6 Å². The van der Waals surface area contributed by atoms with Crippen molar-refractivity contribution >= 4 is 11.9 Å². The maximum atomic E-state index is 11.2. The van der Waals surface area contributed by atoms with E-state index in [2.05, 4.69) is 9.97 Å². The molecule has 1 aliphatic heterocycles. The highest BCUT2D eigenvalue weighted by atomic mass is 16.3. The van der Waals surface area contributed by atoms with Crippen molar-refractivity contribution in [2.75, 3.05) is 18.0 Å². The maximum Gasteiger partial charge on any atom is 0.248 e. The van der Waals surface area contributed by atoms with Gasteiger partial charge in [-0.3, -0.25) is 4.79 Å². The normalized spacial score (nSPS) is 16.7. The summed E-state index contributed by atoms with van der Waals surface area (Å²) in [6, 6.07) is 7.18. The monoisotopic (exact) mass is 296 g/mol. The van der Waals surface area contributed by atoms with Gasteiger partial charge in [-0.2, -0.15) is 0 Å². The maximum absolute atomic E-state index is 11.2. The first kappa shape index (κ1) is 13.2. The predicted molar refractivity (Wildman–Crippen MR) is 81.6 cm³/mol. The van der Waals surface area contributed by atoms with E-state index in [-0.39, 0.29) is 6.10 Å². The van der Waals surface area contributed by atoms with Gasteiger partial charge in [0.25, 0.3) is 0 Å². The van der Waals surface area contributed by atoms with Crippen LogP contribution >= 0.6 is 0 Å². The summed E-state index contributed by atoms with van der Waals surface area (Å²) in [6.45, 7) is 1.16. The van der Waals surface area contributed by atoms with Gasteiger partial charge in [0.1, 0.15) is 0 Å². The summed E-state index contributed by atoms with van der Waals surface area (Å²) >= 11 is 0. The van der Waals surface area contributed by atoms with Gasteiger partial charge in [0, 0.05) is 29.8 Å². The standard InChI is InChI=1S/C16H16N4O2/c17-15(22)10-3-1-9(2-4-10)14-12-5-6-13(12)18-16(19-14)20-7-11(21)8-20/h1-4,11,21H,5-8H2,(H2,17,22). The van der Waals surface area contributed by atoms with Crippen LogP contribution in [0.3, 0.4) is 0 Å². The van der Waals surface area contributed by atoms with Crippen molar-refractivity contribution in [3.8, 4) is 11.3 Å². The van der Waals surface area contributed by atoms with Gasteiger partial charge in [0.15, 0.2) is 0 Å². The summed E-state index contributed by atoms with van der Waals surface area (Å²) in [7, 11) is 0. The zero-order valence-corrected chi connectivity index (χ0v) is 12.0. The van der Waals surface area contributed by atoms with Crippen molar-refractivity contribution < 1.29 is 9.90 Å². The van der Waals surface area contributed by atoms with Crippen molar-refractivity contribution in [3.05, 3.63) is 41.1 Å². The number of aromatic nitrogens is 2. The summed E-state index contributed by atoms with van der Waals surface area (Å²) < 4.78 is 0. The zero-order chi connectivity index (χ0) is 15.3. The van der Waals surface area contributed by atoms with Crippen LogP contribution in [0.25, 0.3) is 11.3 Å². The number of fused-ring (bicyclic) bond motifs is 1. The molecule has 112 valence electrons. The van der Waals surface area contributed by atoms with Gasteiger partial charge in [-0.25, -0.2) is 9.97 Å². The first-order chi connectivity index (χ1) is 10.6. The van der Waals surface area contributed by atoms with Crippen LogP contribution in [0.5, 0.6) is 0 Å². The number of β-amino-alcohol motifs (C(OH)–C–C–N with tert-alkyl or cyclic N) is 1. The van der Waals surface area contributed by atoms with Gasteiger partial charge >= 0.3 is 0 Å². The molecule has 2 aromatic rings. The number of carbonyl (C=O) groups excluding carboxylic acids is 1. The molecule has 2 heterocycles. The SMILES string of the molecule is NC(=O)c1ccc(-c2nc(N3CC(O)C3)nc3c2CC3)cc1. The minimum Gasteiger partial charge on any atom is -0.389 e. The van der Waals surface area contributed by atoms with Gasteiger partial charge < -0.3 is 15.7 Å². The Hall–Kier alpha value is -2.47. The van der Waals surface area contributed by atoms with E-state index in [9.17, 15) is 9.90 Å². The smallest absolute Gasteiger partial charge is 0.248 e. The third kappa shape index (κ3) is 2.03. The molecule has 4 rings (SSSR count). The summed E-state index contributed by atoms with van der Waals surface area (Å²) in [5.74, 6) is 0.246. The quantitative estimate of drug-likeness (QED) is 0.861. The molecule has 0 bridgehead atoms. The Balaban J connectivity index is 1.73. The zero-order valence-electron chi connectivity index (χ0n) is 12.0. The van der Waals surface area contributed by atoms with E-state index >= 15 is 0 Å². The number of carbonyl (C=O) groups is 1. The number of aryl methyl sites for hydroxylation is 1. The molecule has 3 N–H and O–H groups in total. The number of anilines is 1. The molecule has 6 nitrogen and oxygen atoms in total. The molecule has 0 radical (unpaired) electrons. The van der Waals surface area contributed by atoms with E-state index in [0.717, 1.165) is 29.8 Å². The van der Waals surface area contributed by atoms with Crippen LogP contribution in [0.1, 0.15) is 21.6 Å². The lowest BCUT2D eigenvalue weighted by molar-refractivity contribution is 0.100. The molecular formula is C16H16N4O2. The number of primary amides is 1. The number of amides is 1. The first-order valence-corrected chi connectivity index (χ1v) is 7.35. The fourth-order valence-electron chi connectivity index (χ4n) is 2.84. The molecule has 6 heteroatoms. The molecule has 1 fully saturated rings. The Morgan fingerprint density at radius 1 is 1.18 bits per heavy atom. The van der Waals surface area contributed by atoms with Crippen molar-refractivity contribution in [1.29, 1.82) is 0 Å². The van der Waals surface area contributed by atoms with E-state index < -0.39 is 5.91 Å². The Labute approximate surface area is 127 Å². The van der Waals surface area contributed by atoms with Crippen LogP contribution in [0.4, 0.5) is 5.95 Å². The highest BCUT2D eigenvalue weighted by molar-refractivity contribution is 5.93. The van der Waals surface area contributed by atoms with Gasteiger partial charge in [-0.15, -0.1) is 0 Å². The first-order valence-electron chi connectivity index (χ1n) is 7.35. The van der Waals surface area contributed by atoms with Crippen molar-refractivity contribution in [1.82, 2.24) is 9.97 Å². The molecule has 1 aliphatic carbocycles. The Morgan fingerprint density at radius 2 is 1.91 bits per heavy atom. The average Bonchev–Trinajstić information content (AvgIpc) is 2.45. The molecule has 0 unspecified atom stereocenters. The van der Waals surface area contributed by atoms with E-state index in [1.54, 1.807) is 12.1 Å². The highest BCUT2D eigenvalue weighted by Crippen LogP contribution is 2.33. The average molecular weight is 296 g/mol. The minimum absolute atomic E-state index is 0.284. The van der Waals surface area contributed by atoms with Crippen LogP contribution in [0.2, 0.25) is 0 Å². The molecule has 0 saturated carbocycles. The van der Waals surface area contributed by atoms with E-state index in [4.69, 9.17) is 5.73 Å². The fourth-order valence-corrected chi connectivity index (χ4v) is 2.84. The number of hydrogen-bond donors (Lipinski definition) is 2. The third-order valence-corrected chi connectivity index (χ3v) is 4.28. The second kappa shape index (κ2) is 4.78. The highest BCUT2D eigenvalue weighted by Gasteiger charge is 2.30. The molecule has 2 aliphatic rings. The number of rotatable bonds is 3. The van der Waals surface area contributed by atoms with Crippen molar-refractivity contribution in [3.63, 3.8) is 0 Å². The van der Waals surface area contributed by atoms with E-state index in [1.807, 2.05) is 17.0 Å². The van der Waals surface area contributed by atoms with Gasteiger partial charge in [-0.1, -0.05) is 12.1 Å². The Kier molecular flexibility index (Phi) is 2.87. The number of hydrogen-bond acceptors (Lipinski definition) is 5. The molecule has 0 spiro atoms. The molecule has 1 aromatic carbocycles. The second-order valence-electron chi connectivity index (χ2n) is 5.80. The van der Waals surface area contributed by atoms with E-state index in [0.29, 0.717) is 24.6 Å². The Bertz CT molecular complexity index is 751. The summed E-state index contributed by atoms with van der Waals surface area (Å²) in [5, 5.41) is 9.45. The number of benzene rings is 1. The van der Waals surface area contributed by atoms with Crippen LogP contribution in [-0.2, 0) is 12.8 Å². The fraction of sp³-hybridized carbons (Fsp3) is 0.312. The van der Waals surface area contributed by atoms with Crippen LogP contribution in [-0.4, -0.2) is 40.2 Å². The Morgan fingerprint density at radius 3 is 2.45 bits per heavy atom. The molecule has 1 saturated heterocycles. The lowest BCUT2D eigenvalue weighted by Gasteiger charge is -2.37. The van der Waals surface area contributed by atoms with E-state index in [1.165, 1.54) is 5.56 Å². The topological polar surface area (TPSA) is 92.3 Å². The van der Waals surface area contributed by atoms with Gasteiger partial charge in [0.2, 0.25) is 11.9 Å².